The summed E-state index contributed by atoms with van der Waals surface area (Å²) in [6, 6.07) is 64.1. The highest BCUT2D eigenvalue weighted by Gasteiger charge is 2.17. The van der Waals surface area contributed by atoms with Crippen LogP contribution in [0.5, 0.6) is 0 Å². The largest absolute Gasteiger partial charge is 0.463 e. The maximum absolute atomic E-state index is 12.3. The standard InChI is InChI=1S/C58H56N2O5S2/c1-41(2)63-39-40-64-57(61)37-19-43-15-25-49(26-16-43)59(47-11-7-5-8-12-47)51-29-21-45(22-30-51)53-33-35-55(66-53)56-36-34-54(67-56)46-23-31-52(32-24-46)60(48-13-9-6-10-14-48)50-27-17-44(18-28-50)20-38-58(62)65-42(3)4/h5-18,21-36,41-42H,19-20,37-40H2,1-4H3. The van der Waals surface area contributed by atoms with Gasteiger partial charge in [0.1, 0.15) is 6.61 Å². The number of thiophene rings is 2. The van der Waals surface area contributed by atoms with E-state index in [1.165, 1.54) is 30.6 Å². The molecule has 0 aliphatic rings. The molecule has 0 N–H and O–H groups in total. The summed E-state index contributed by atoms with van der Waals surface area (Å²) >= 11 is 3.61. The number of anilines is 6. The summed E-state index contributed by atoms with van der Waals surface area (Å²) in [5.41, 5.74) is 10.9. The number of aryl methyl sites for hydroxylation is 2. The molecule has 8 aromatic rings. The molecule has 6 aromatic carbocycles. The molecule has 0 aliphatic heterocycles. The summed E-state index contributed by atoms with van der Waals surface area (Å²) in [7, 11) is 0. The van der Waals surface area contributed by atoms with E-state index < -0.39 is 0 Å². The summed E-state index contributed by atoms with van der Waals surface area (Å²) in [6.45, 7) is 8.36. The van der Waals surface area contributed by atoms with Crippen LogP contribution >= 0.6 is 22.7 Å². The van der Waals surface area contributed by atoms with E-state index in [-0.39, 0.29) is 30.8 Å². The van der Waals surface area contributed by atoms with Crippen LogP contribution < -0.4 is 9.80 Å². The molecule has 0 bridgehead atoms. The summed E-state index contributed by atoms with van der Waals surface area (Å²) in [6.07, 6.45) is 1.95. The first kappa shape index (κ1) is 46.7. The van der Waals surface area contributed by atoms with Gasteiger partial charge in [-0.25, -0.2) is 0 Å². The smallest absolute Gasteiger partial charge is 0.306 e. The van der Waals surface area contributed by atoms with Crippen molar-refractivity contribution in [2.75, 3.05) is 23.0 Å². The number of carbonyl (C=O) groups is 2. The lowest BCUT2D eigenvalue weighted by Gasteiger charge is -2.25. The number of ether oxygens (including phenoxy) is 3. The molecule has 0 atom stereocenters. The normalized spacial score (nSPS) is 11.2. The van der Waals surface area contributed by atoms with Crippen molar-refractivity contribution in [2.45, 2.75) is 65.6 Å². The summed E-state index contributed by atoms with van der Waals surface area (Å²) in [5.74, 6) is -0.383. The zero-order valence-corrected chi connectivity index (χ0v) is 40.1. The van der Waals surface area contributed by atoms with Crippen LogP contribution in [0.15, 0.2) is 182 Å². The van der Waals surface area contributed by atoms with E-state index in [4.69, 9.17) is 14.2 Å². The molecule has 340 valence electrons. The predicted molar refractivity (Wildman–Crippen MR) is 278 cm³/mol. The minimum absolute atomic E-state index is 0.107. The number of esters is 2. The average molecular weight is 925 g/mol. The van der Waals surface area contributed by atoms with Crippen molar-refractivity contribution in [3.8, 4) is 30.6 Å². The molecule has 8 rings (SSSR count). The zero-order chi connectivity index (χ0) is 46.5. The van der Waals surface area contributed by atoms with Gasteiger partial charge in [-0.2, -0.15) is 0 Å². The van der Waals surface area contributed by atoms with E-state index in [1.54, 1.807) is 11.3 Å². The van der Waals surface area contributed by atoms with Crippen molar-refractivity contribution in [2.24, 2.45) is 0 Å². The topological polar surface area (TPSA) is 68.3 Å². The highest BCUT2D eigenvalue weighted by molar-refractivity contribution is 7.25. The van der Waals surface area contributed by atoms with Crippen molar-refractivity contribution in [3.63, 3.8) is 0 Å². The second-order valence-electron chi connectivity index (χ2n) is 16.8. The number of nitrogens with zero attached hydrogens (tertiary/aromatic N) is 2. The molecule has 0 saturated heterocycles. The van der Waals surface area contributed by atoms with Crippen molar-refractivity contribution >= 4 is 68.7 Å². The van der Waals surface area contributed by atoms with Gasteiger partial charge in [0, 0.05) is 66.5 Å². The first-order chi connectivity index (χ1) is 32.7. The Kier molecular flexibility index (Phi) is 15.8. The molecule has 2 heterocycles. The fraction of sp³-hybridized carbons (Fsp3) is 0.207. The van der Waals surface area contributed by atoms with E-state index in [0.29, 0.717) is 32.3 Å². The second kappa shape index (κ2) is 22.6. The van der Waals surface area contributed by atoms with Crippen molar-refractivity contribution in [1.82, 2.24) is 0 Å². The fourth-order valence-corrected chi connectivity index (χ4v) is 9.91. The van der Waals surface area contributed by atoms with Gasteiger partial charge in [0.05, 0.1) is 18.8 Å². The third kappa shape index (κ3) is 12.6. The summed E-state index contributed by atoms with van der Waals surface area (Å²) in [4.78, 5) is 33.9. The number of hydrogen-bond donors (Lipinski definition) is 0. The maximum atomic E-state index is 12.3. The van der Waals surface area contributed by atoms with Gasteiger partial charge in [-0.1, -0.05) is 84.9 Å². The van der Waals surface area contributed by atoms with Crippen molar-refractivity contribution < 1.29 is 23.8 Å². The van der Waals surface area contributed by atoms with Gasteiger partial charge in [-0.15, -0.1) is 22.7 Å². The molecule has 2 aromatic heterocycles. The lowest BCUT2D eigenvalue weighted by atomic mass is 10.1. The Morgan fingerprint density at radius 3 is 1.19 bits per heavy atom. The van der Waals surface area contributed by atoms with Crippen LogP contribution in [0, 0.1) is 0 Å². The van der Waals surface area contributed by atoms with E-state index in [1.807, 2.05) is 51.2 Å². The van der Waals surface area contributed by atoms with E-state index in [0.717, 1.165) is 45.3 Å². The van der Waals surface area contributed by atoms with Crippen LogP contribution in [-0.2, 0) is 36.6 Å². The molecule has 9 heteroatoms. The monoisotopic (exact) mass is 924 g/mol. The average Bonchev–Trinajstić information content (AvgIpc) is 4.05. The molecule has 0 spiro atoms. The van der Waals surface area contributed by atoms with Crippen LogP contribution in [0.1, 0.15) is 51.7 Å². The van der Waals surface area contributed by atoms with Gasteiger partial charge in [0.15, 0.2) is 0 Å². The molecule has 0 unspecified atom stereocenters. The fourth-order valence-electron chi connectivity index (χ4n) is 7.80. The Bertz CT molecular complexity index is 2800. The highest BCUT2D eigenvalue weighted by Crippen LogP contribution is 2.43. The van der Waals surface area contributed by atoms with E-state index in [2.05, 4.69) is 180 Å². The molecule has 0 fully saturated rings. The lowest BCUT2D eigenvalue weighted by molar-refractivity contribution is -0.147. The van der Waals surface area contributed by atoms with Gasteiger partial charge in [0.25, 0.3) is 0 Å². The quantitative estimate of drug-likeness (QED) is 0.0557. The van der Waals surface area contributed by atoms with Crippen molar-refractivity contribution in [1.29, 1.82) is 0 Å². The van der Waals surface area contributed by atoms with Gasteiger partial charge in [-0.3, -0.25) is 9.59 Å². The first-order valence-electron chi connectivity index (χ1n) is 22.9. The zero-order valence-electron chi connectivity index (χ0n) is 38.5. The van der Waals surface area contributed by atoms with Gasteiger partial charge < -0.3 is 24.0 Å². The first-order valence-corrected chi connectivity index (χ1v) is 24.6. The molecule has 7 nitrogen and oxygen atoms in total. The van der Waals surface area contributed by atoms with E-state index >= 15 is 0 Å². The molecule has 0 saturated carbocycles. The van der Waals surface area contributed by atoms with Crippen LogP contribution in [0.3, 0.4) is 0 Å². The third-order valence-corrected chi connectivity index (χ3v) is 13.6. The number of hydrogen-bond acceptors (Lipinski definition) is 9. The summed E-state index contributed by atoms with van der Waals surface area (Å²) in [5, 5.41) is 0. The van der Waals surface area contributed by atoms with Crippen LogP contribution in [0.4, 0.5) is 34.1 Å². The molecular formula is C58H56N2O5S2. The minimum Gasteiger partial charge on any atom is -0.463 e. The van der Waals surface area contributed by atoms with Crippen LogP contribution in [0.25, 0.3) is 30.6 Å². The number of para-hydroxylation sites is 2. The third-order valence-electron chi connectivity index (χ3n) is 11.1. The van der Waals surface area contributed by atoms with Gasteiger partial charge in [0.2, 0.25) is 0 Å². The molecule has 67 heavy (non-hydrogen) atoms. The number of rotatable bonds is 20. The van der Waals surface area contributed by atoms with Gasteiger partial charge in [-0.05, 0) is 160 Å². The van der Waals surface area contributed by atoms with Crippen LogP contribution in [-0.4, -0.2) is 37.4 Å². The SMILES string of the molecule is CC(C)OCCOC(=O)CCc1ccc(N(c2ccccc2)c2ccc(-c3ccc(-c4ccc(-c5ccc(N(c6ccccc6)c6ccc(CCC(=O)OC(C)C)cc6)cc5)s4)s3)cc2)cc1. The maximum Gasteiger partial charge on any atom is 0.306 e. The second-order valence-corrected chi connectivity index (χ2v) is 18.9. The molecule has 0 radical (unpaired) electrons. The molecule has 0 aliphatic carbocycles. The van der Waals surface area contributed by atoms with E-state index in [9.17, 15) is 9.59 Å². The van der Waals surface area contributed by atoms with Crippen molar-refractivity contribution in [3.05, 3.63) is 193 Å². The Balaban J connectivity index is 0.931. The molecular weight excluding hydrogens is 869 g/mol. The molecule has 0 amide bonds. The Morgan fingerprint density at radius 1 is 0.418 bits per heavy atom. The predicted octanol–water partition coefficient (Wildman–Crippen LogP) is 15.5. The Hall–Kier alpha value is -6.78. The summed E-state index contributed by atoms with van der Waals surface area (Å²) < 4.78 is 16.1. The Labute approximate surface area is 402 Å². The Morgan fingerprint density at radius 2 is 0.791 bits per heavy atom. The number of carbonyl (C=O) groups excluding carboxylic acids is 2. The minimum atomic E-state index is -0.213. The van der Waals surface area contributed by atoms with Gasteiger partial charge >= 0.3 is 11.9 Å². The van der Waals surface area contributed by atoms with Crippen LogP contribution in [0.2, 0.25) is 0 Å². The number of benzene rings is 6. The lowest BCUT2D eigenvalue weighted by Crippen LogP contribution is -2.13. The highest BCUT2D eigenvalue weighted by atomic mass is 32.1.